The standard InChI is InChI=1S/C4H8NP/c1-4(2)6-3-5/h4,6H,1-2H3. The van der Waals surface area contributed by atoms with Crippen LogP contribution in [0, 0.1) is 11.1 Å². The molecule has 0 spiro atoms. The van der Waals surface area contributed by atoms with Gasteiger partial charge in [0.05, 0.1) is 5.81 Å². The van der Waals surface area contributed by atoms with Gasteiger partial charge in [-0.15, -0.1) is 0 Å². The molecule has 0 aliphatic rings. The van der Waals surface area contributed by atoms with Crippen molar-refractivity contribution < 1.29 is 0 Å². The third-order valence-corrected chi connectivity index (χ3v) is 1.06. The van der Waals surface area contributed by atoms with Crippen LogP contribution in [0.3, 0.4) is 0 Å². The minimum Gasteiger partial charge on any atom is -0.194 e. The summed E-state index contributed by atoms with van der Waals surface area (Å²) in [5, 5.41) is 8.00. The summed E-state index contributed by atoms with van der Waals surface area (Å²) >= 11 is 0. The van der Waals surface area contributed by atoms with Crippen molar-refractivity contribution in [2.45, 2.75) is 19.5 Å². The Morgan fingerprint density at radius 2 is 2.17 bits per heavy atom. The molecule has 0 saturated heterocycles. The largest absolute Gasteiger partial charge is 0.194 e. The molecule has 34 valence electrons. The maximum absolute atomic E-state index is 8.00. The smallest absolute Gasteiger partial charge is 0.0840 e. The van der Waals surface area contributed by atoms with Crippen LogP contribution in [-0.2, 0) is 0 Å². The van der Waals surface area contributed by atoms with Gasteiger partial charge in [0.15, 0.2) is 0 Å². The lowest BCUT2D eigenvalue weighted by Gasteiger charge is -1.88. The van der Waals surface area contributed by atoms with Crippen LogP contribution in [0.4, 0.5) is 0 Å². The fraction of sp³-hybridized carbons (Fsp3) is 0.750. The lowest BCUT2D eigenvalue weighted by molar-refractivity contribution is 1.11. The van der Waals surface area contributed by atoms with Gasteiger partial charge in [-0.3, -0.25) is 0 Å². The zero-order chi connectivity index (χ0) is 4.99. The van der Waals surface area contributed by atoms with Gasteiger partial charge in [-0.25, -0.2) is 0 Å². The number of hydrogen-bond donors (Lipinski definition) is 0. The molecule has 0 aliphatic carbocycles. The third-order valence-electron chi connectivity index (χ3n) is 0.353. The fourth-order valence-corrected chi connectivity index (χ4v) is 0.387. The second-order valence-electron chi connectivity index (χ2n) is 1.41. The van der Waals surface area contributed by atoms with Crippen LogP contribution in [0.15, 0.2) is 0 Å². The van der Waals surface area contributed by atoms with Crippen LogP contribution in [0.1, 0.15) is 13.8 Å². The second kappa shape index (κ2) is 3.12. The molecule has 0 amide bonds. The maximum atomic E-state index is 8.00. The van der Waals surface area contributed by atoms with E-state index in [4.69, 9.17) is 5.26 Å². The molecular formula is C4H8NP. The molecule has 0 bridgehead atoms. The van der Waals surface area contributed by atoms with E-state index in [1.54, 1.807) is 0 Å². The number of nitriles is 1. The number of rotatable bonds is 1. The molecule has 1 nitrogen and oxygen atoms in total. The lowest BCUT2D eigenvalue weighted by atomic mass is 10.6. The Morgan fingerprint density at radius 1 is 1.67 bits per heavy atom. The molecule has 2 heteroatoms. The average Bonchev–Trinajstić information content (AvgIpc) is 1.35. The van der Waals surface area contributed by atoms with E-state index in [1.165, 1.54) is 0 Å². The summed E-state index contributed by atoms with van der Waals surface area (Å²) in [5.74, 6) is 2.09. The van der Waals surface area contributed by atoms with Gasteiger partial charge >= 0.3 is 0 Å². The first-order valence-corrected chi connectivity index (χ1v) is 2.99. The van der Waals surface area contributed by atoms with Crippen molar-refractivity contribution >= 4 is 8.58 Å². The van der Waals surface area contributed by atoms with Crippen LogP contribution in [0.2, 0.25) is 0 Å². The maximum Gasteiger partial charge on any atom is 0.0840 e. The van der Waals surface area contributed by atoms with E-state index in [0.717, 1.165) is 0 Å². The van der Waals surface area contributed by atoms with Gasteiger partial charge < -0.3 is 0 Å². The molecule has 0 aromatic heterocycles. The molecule has 0 N–H and O–H groups in total. The zero-order valence-electron chi connectivity index (χ0n) is 4.02. The van der Waals surface area contributed by atoms with Gasteiger partial charge in [0, 0.05) is 0 Å². The van der Waals surface area contributed by atoms with Gasteiger partial charge in [0.2, 0.25) is 0 Å². The molecule has 0 rings (SSSR count). The molecular weight excluding hydrogens is 93.0 g/mol. The van der Waals surface area contributed by atoms with Gasteiger partial charge in [0.25, 0.3) is 0 Å². The van der Waals surface area contributed by atoms with Crippen molar-refractivity contribution in [2.75, 3.05) is 0 Å². The molecule has 1 unspecified atom stereocenters. The molecule has 0 radical (unpaired) electrons. The first kappa shape index (κ1) is 5.92. The molecule has 0 heterocycles. The zero-order valence-corrected chi connectivity index (χ0v) is 5.02. The van der Waals surface area contributed by atoms with Crippen LogP contribution in [-0.4, -0.2) is 5.66 Å². The van der Waals surface area contributed by atoms with Crippen molar-refractivity contribution in [2.24, 2.45) is 0 Å². The Hall–Kier alpha value is -0.0800. The van der Waals surface area contributed by atoms with Crippen molar-refractivity contribution in [3.05, 3.63) is 0 Å². The third kappa shape index (κ3) is 3.92. The Labute approximate surface area is 40.1 Å². The van der Waals surface area contributed by atoms with Crippen molar-refractivity contribution in [3.8, 4) is 5.81 Å². The van der Waals surface area contributed by atoms with Gasteiger partial charge in [0.1, 0.15) is 0 Å². The van der Waals surface area contributed by atoms with Crippen LogP contribution in [0.25, 0.3) is 0 Å². The Bertz CT molecular complexity index is 62.4. The van der Waals surface area contributed by atoms with E-state index in [2.05, 4.69) is 5.81 Å². The average molecular weight is 101 g/mol. The van der Waals surface area contributed by atoms with E-state index >= 15 is 0 Å². The molecule has 6 heavy (non-hydrogen) atoms. The first-order valence-electron chi connectivity index (χ1n) is 1.92. The summed E-state index contributed by atoms with van der Waals surface area (Å²) in [6.45, 7) is 4.09. The second-order valence-corrected chi connectivity index (χ2v) is 3.08. The molecule has 1 atom stereocenters. The normalized spacial score (nSPS) is 10.3. The summed E-state index contributed by atoms with van der Waals surface area (Å²) in [6, 6.07) is 0. The van der Waals surface area contributed by atoms with Crippen LogP contribution >= 0.6 is 8.58 Å². The monoisotopic (exact) mass is 101 g/mol. The number of hydrogen-bond acceptors (Lipinski definition) is 1. The molecule has 0 aliphatic heterocycles. The summed E-state index contributed by atoms with van der Waals surface area (Å²) in [7, 11) is 0.477. The van der Waals surface area contributed by atoms with Gasteiger partial charge in [-0.2, -0.15) is 5.26 Å². The summed E-state index contributed by atoms with van der Waals surface area (Å²) in [5.41, 5.74) is 0.565. The minimum absolute atomic E-state index is 0.477. The SMILES string of the molecule is CC(C)PC#N. The molecule has 0 aromatic rings. The van der Waals surface area contributed by atoms with Crippen molar-refractivity contribution in [1.29, 1.82) is 5.26 Å². The molecule has 0 fully saturated rings. The van der Waals surface area contributed by atoms with Gasteiger partial charge in [-0.1, -0.05) is 13.8 Å². The molecule has 0 saturated carbocycles. The van der Waals surface area contributed by atoms with E-state index in [-0.39, 0.29) is 0 Å². The molecule has 0 aromatic carbocycles. The highest BCUT2D eigenvalue weighted by Gasteiger charge is 1.85. The summed E-state index contributed by atoms with van der Waals surface area (Å²) < 4.78 is 0. The Balaban J connectivity index is 2.88. The first-order chi connectivity index (χ1) is 2.77. The predicted octanol–water partition coefficient (Wildman–Crippen LogP) is 1.55. The lowest BCUT2D eigenvalue weighted by Crippen LogP contribution is -1.76. The van der Waals surface area contributed by atoms with E-state index < -0.39 is 0 Å². The Morgan fingerprint density at radius 3 is 2.17 bits per heavy atom. The van der Waals surface area contributed by atoms with Crippen LogP contribution < -0.4 is 0 Å². The highest BCUT2D eigenvalue weighted by atomic mass is 31.1. The van der Waals surface area contributed by atoms with Crippen molar-refractivity contribution in [3.63, 3.8) is 0 Å². The van der Waals surface area contributed by atoms with E-state index in [9.17, 15) is 0 Å². The highest BCUT2D eigenvalue weighted by Crippen LogP contribution is 2.13. The predicted molar refractivity (Wildman–Crippen MR) is 29.1 cm³/mol. The summed E-state index contributed by atoms with van der Waals surface area (Å²) in [4.78, 5) is 0. The topological polar surface area (TPSA) is 23.8 Å². The summed E-state index contributed by atoms with van der Waals surface area (Å²) in [6.07, 6.45) is 0. The Kier molecular flexibility index (Phi) is 3.08. The number of nitrogens with zero attached hydrogens (tertiary/aromatic N) is 1. The van der Waals surface area contributed by atoms with E-state index in [1.807, 2.05) is 13.8 Å². The van der Waals surface area contributed by atoms with E-state index in [0.29, 0.717) is 14.2 Å². The van der Waals surface area contributed by atoms with Gasteiger partial charge in [-0.05, 0) is 14.2 Å². The van der Waals surface area contributed by atoms with Crippen molar-refractivity contribution in [1.82, 2.24) is 0 Å². The van der Waals surface area contributed by atoms with Crippen LogP contribution in [0.5, 0.6) is 0 Å². The minimum atomic E-state index is 0.477. The highest BCUT2D eigenvalue weighted by molar-refractivity contribution is 7.44. The quantitative estimate of drug-likeness (QED) is 0.460. The fourth-order valence-electron chi connectivity index (χ4n) is 0.129.